The van der Waals surface area contributed by atoms with Crippen molar-refractivity contribution >= 4 is 11.6 Å². The van der Waals surface area contributed by atoms with Crippen molar-refractivity contribution in [2.24, 2.45) is 5.41 Å². The molecule has 34 heavy (non-hydrogen) atoms. The summed E-state index contributed by atoms with van der Waals surface area (Å²) in [7, 11) is 1.57. The van der Waals surface area contributed by atoms with Gasteiger partial charge in [-0.05, 0) is 36.0 Å². The molecule has 1 atom stereocenters. The summed E-state index contributed by atoms with van der Waals surface area (Å²) >= 11 is 0. The van der Waals surface area contributed by atoms with E-state index in [4.69, 9.17) is 9.47 Å². The molecule has 0 saturated carbocycles. The summed E-state index contributed by atoms with van der Waals surface area (Å²) in [6, 6.07) is 5.52. The molecule has 4 rings (SSSR count). The van der Waals surface area contributed by atoms with Gasteiger partial charge in [-0.15, -0.1) is 0 Å². The van der Waals surface area contributed by atoms with Gasteiger partial charge in [0.25, 0.3) is 5.56 Å². The fraction of sp³-hybridized carbons (Fsp3) is 0.500. The molecule has 8 nitrogen and oxygen atoms in total. The van der Waals surface area contributed by atoms with Crippen LogP contribution in [-0.2, 0) is 4.79 Å². The maximum Gasteiger partial charge on any atom is 0.327 e. The molecular formula is C26H33N3O5. The van der Waals surface area contributed by atoms with Crippen LogP contribution in [0.3, 0.4) is 0 Å². The lowest BCUT2D eigenvalue weighted by molar-refractivity contribution is -0.118. The van der Waals surface area contributed by atoms with Gasteiger partial charge in [0.2, 0.25) is 0 Å². The number of aromatic amines is 2. The monoisotopic (exact) mass is 467 g/mol. The van der Waals surface area contributed by atoms with Gasteiger partial charge in [0.15, 0.2) is 17.3 Å². The van der Waals surface area contributed by atoms with Crippen molar-refractivity contribution < 1.29 is 14.3 Å². The molecule has 3 N–H and O–H groups in total. The van der Waals surface area contributed by atoms with E-state index >= 15 is 0 Å². The molecule has 1 aliphatic carbocycles. The molecule has 2 aliphatic rings. The Labute approximate surface area is 198 Å². The Morgan fingerprint density at radius 3 is 2.56 bits per heavy atom. The van der Waals surface area contributed by atoms with E-state index in [1.165, 1.54) is 6.42 Å². The number of fused-ring (bicyclic) bond motifs is 1. The van der Waals surface area contributed by atoms with Crippen LogP contribution >= 0.6 is 0 Å². The van der Waals surface area contributed by atoms with Crippen LogP contribution < -0.4 is 26.0 Å². The lowest BCUT2D eigenvalue weighted by atomic mass is 9.69. The van der Waals surface area contributed by atoms with Gasteiger partial charge < -0.3 is 14.8 Å². The van der Waals surface area contributed by atoms with Crippen LogP contribution in [0.5, 0.6) is 11.5 Å². The van der Waals surface area contributed by atoms with Crippen molar-refractivity contribution in [3.05, 3.63) is 61.4 Å². The lowest BCUT2D eigenvalue weighted by Gasteiger charge is -2.38. The first-order valence-electron chi connectivity index (χ1n) is 11.9. The van der Waals surface area contributed by atoms with Crippen LogP contribution in [0.1, 0.15) is 76.3 Å². The second-order valence-electron chi connectivity index (χ2n) is 9.91. The second kappa shape index (κ2) is 9.52. The molecule has 2 heterocycles. The van der Waals surface area contributed by atoms with E-state index in [1.54, 1.807) is 7.11 Å². The highest BCUT2D eigenvalue weighted by Gasteiger charge is 2.42. The molecule has 0 saturated heterocycles. The first-order valence-corrected chi connectivity index (χ1v) is 11.9. The summed E-state index contributed by atoms with van der Waals surface area (Å²) in [6.07, 6.45) is 5.43. The maximum atomic E-state index is 13.3. The number of methoxy groups -OCH3 is 1. The molecule has 1 aromatic heterocycles. The number of ketones is 1. The van der Waals surface area contributed by atoms with Gasteiger partial charge in [-0.1, -0.05) is 46.1 Å². The SMILES string of the molecule is CCCCCCOc1ccc([C@H]2C3=C(CC(C)(C)CC3=O)Nc3[nH]c(=O)[nH]c(=O)c32)cc1OC. The number of ether oxygens (including phenoxy) is 2. The minimum absolute atomic E-state index is 0.00443. The number of aromatic nitrogens is 2. The van der Waals surface area contributed by atoms with Crippen LogP contribution in [0.15, 0.2) is 39.1 Å². The summed E-state index contributed by atoms with van der Waals surface area (Å²) in [4.78, 5) is 43.3. The third-order valence-electron chi connectivity index (χ3n) is 6.53. The van der Waals surface area contributed by atoms with Crippen LogP contribution in [0, 0.1) is 5.41 Å². The van der Waals surface area contributed by atoms with Crippen LogP contribution in [-0.4, -0.2) is 29.5 Å². The number of carbonyl (C=O) groups excluding carboxylic acids is 1. The molecule has 182 valence electrons. The minimum atomic E-state index is -0.622. The molecule has 1 aromatic carbocycles. The molecule has 2 aromatic rings. The highest BCUT2D eigenvalue weighted by Crippen LogP contribution is 2.48. The van der Waals surface area contributed by atoms with Crippen molar-refractivity contribution in [1.82, 2.24) is 9.97 Å². The standard InChI is InChI=1S/C26H33N3O5/c1-5-6-7-8-11-34-18-10-9-15(12-19(18)33-4)20-21-16(13-26(2,3)14-17(21)30)27-23-22(20)24(31)29-25(32)28-23/h9-10,12,20H,5-8,11,13-14H2,1-4H3,(H3,27,28,29,31,32)/t20-/m0/s1. The third-order valence-corrected chi connectivity index (χ3v) is 6.53. The van der Waals surface area contributed by atoms with E-state index < -0.39 is 17.2 Å². The number of rotatable bonds is 8. The molecule has 8 heteroatoms. The van der Waals surface area contributed by atoms with Gasteiger partial charge in [-0.2, -0.15) is 0 Å². The molecule has 0 amide bonds. The van der Waals surface area contributed by atoms with Gasteiger partial charge >= 0.3 is 5.69 Å². The second-order valence-corrected chi connectivity index (χ2v) is 9.91. The number of Topliss-reactive ketones (excluding diaryl/α,β-unsaturated/α-hetero) is 1. The number of anilines is 1. The van der Waals surface area contributed by atoms with E-state index in [0.717, 1.165) is 30.5 Å². The number of hydrogen-bond donors (Lipinski definition) is 3. The zero-order chi connectivity index (χ0) is 24.5. The fourth-order valence-corrected chi connectivity index (χ4v) is 4.97. The average Bonchev–Trinajstić information content (AvgIpc) is 2.76. The Morgan fingerprint density at radius 2 is 1.82 bits per heavy atom. The van der Waals surface area contributed by atoms with E-state index in [2.05, 4.69) is 22.2 Å². The number of hydrogen-bond acceptors (Lipinski definition) is 6. The number of unbranched alkanes of at least 4 members (excludes halogenated alkanes) is 3. The smallest absolute Gasteiger partial charge is 0.327 e. The average molecular weight is 468 g/mol. The topological polar surface area (TPSA) is 113 Å². The van der Waals surface area contributed by atoms with Crippen LogP contribution in [0.2, 0.25) is 0 Å². The minimum Gasteiger partial charge on any atom is -0.493 e. The molecule has 0 fully saturated rings. The molecule has 0 spiro atoms. The van der Waals surface area contributed by atoms with Crippen molar-refractivity contribution in [3.8, 4) is 11.5 Å². The third kappa shape index (κ3) is 4.67. The summed E-state index contributed by atoms with van der Waals surface area (Å²) in [5, 5.41) is 3.18. The number of H-pyrrole nitrogens is 2. The summed E-state index contributed by atoms with van der Waals surface area (Å²) in [5.41, 5.74) is 1.03. The highest BCUT2D eigenvalue weighted by atomic mass is 16.5. The summed E-state index contributed by atoms with van der Waals surface area (Å²) in [6.45, 7) is 6.84. The Morgan fingerprint density at radius 1 is 1.03 bits per heavy atom. The number of allylic oxidation sites excluding steroid dienone is 2. The Kier molecular flexibility index (Phi) is 6.68. The number of carbonyl (C=O) groups is 1. The van der Waals surface area contributed by atoms with Crippen molar-refractivity contribution in [1.29, 1.82) is 0 Å². The van der Waals surface area contributed by atoms with Gasteiger partial charge in [0.1, 0.15) is 5.82 Å². The lowest BCUT2D eigenvalue weighted by Crippen LogP contribution is -2.38. The molecule has 0 bridgehead atoms. The largest absolute Gasteiger partial charge is 0.493 e. The fourth-order valence-electron chi connectivity index (χ4n) is 4.97. The van der Waals surface area contributed by atoms with Gasteiger partial charge in [0, 0.05) is 23.6 Å². The van der Waals surface area contributed by atoms with Gasteiger partial charge in [-0.3, -0.25) is 19.6 Å². The van der Waals surface area contributed by atoms with E-state index in [-0.39, 0.29) is 11.2 Å². The zero-order valence-corrected chi connectivity index (χ0v) is 20.3. The van der Waals surface area contributed by atoms with Gasteiger partial charge in [0.05, 0.1) is 19.3 Å². The Hall–Kier alpha value is -3.29. The zero-order valence-electron chi connectivity index (χ0n) is 20.3. The Balaban J connectivity index is 1.77. The van der Waals surface area contributed by atoms with E-state index in [9.17, 15) is 14.4 Å². The quantitative estimate of drug-likeness (QED) is 0.501. The molecule has 0 unspecified atom stereocenters. The predicted molar refractivity (Wildman–Crippen MR) is 131 cm³/mol. The maximum absolute atomic E-state index is 13.3. The van der Waals surface area contributed by atoms with Crippen LogP contribution in [0.4, 0.5) is 5.82 Å². The first kappa shape index (κ1) is 23.9. The summed E-state index contributed by atoms with van der Waals surface area (Å²) in [5.74, 6) is 0.869. The molecule has 1 aliphatic heterocycles. The first-order chi connectivity index (χ1) is 16.2. The molecular weight excluding hydrogens is 434 g/mol. The van der Waals surface area contributed by atoms with E-state index in [0.29, 0.717) is 47.9 Å². The Bertz CT molecular complexity index is 1240. The number of nitrogens with one attached hydrogen (secondary N) is 3. The molecule has 0 radical (unpaired) electrons. The van der Waals surface area contributed by atoms with Crippen molar-refractivity contribution in [2.45, 2.75) is 65.2 Å². The summed E-state index contributed by atoms with van der Waals surface area (Å²) < 4.78 is 11.6. The number of benzene rings is 1. The van der Waals surface area contributed by atoms with E-state index in [1.807, 2.05) is 32.0 Å². The van der Waals surface area contributed by atoms with Crippen molar-refractivity contribution in [3.63, 3.8) is 0 Å². The van der Waals surface area contributed by atoms with Crippen LogP contribution in [0.25, 0.3) is 0 Å². The van der Waals surface area contributed by atoms with Gasteiger partial charge in [-0.25, -0.2) is 4.79 Å². The predicted octanol–water partition coefficient (Wildman–Crippen LogP) is 4.23. The normalized spacial score (nSPS) is 18.7. The highest BCUT2D eigenvalue weighted by molar-refractivity contribution is 6.01. The van der Waals surface area contributed by atoms with Crippen molar-refractivity contribution in [2.75, 3.05) is 19.0 Å².